The van der Waals surface area contributed by atoms with Crippen molar-refractivity contribution in [2.75, 3.05) is 13.2 Å². The summed E-state index contributed by atoms with van der Waals surface area (Å²) in [5, 5.41) is 0. The van der Waals surface area contributed by atoms with E-state index in [0.29, 0.717) is 11.5 Å². The van der Waals surface area contributed by atoms with Gasteiger partial charge in [0.05, 0.1) is 13.2 Å². The zero-order valence-electron chi connectivity index (χ0n) is 20.9. The fourth-order valence-electron chi connectivity index (χ4n) is 3.98. The third-order valence-corrected chi connectivity index (χ3v) is 8.37. The molecule has 0 radical (unpaired) electrons. The summed E-state index contributed by atoms with van der Waals surface area (Å²) in [7, 11) is 0. The molecule has 0 unspecified atom stereocenters. The Morgan fingerprint density at radius 3 is 1.94 bits per heavy atom. The number of hydrogen-bond donors (Lipinski definition) is 0. The van der Waals surface area contributed by atoms with E-state index < -0.39 is 0 Å². The van der Waals surface area contributed by atoms with Crippen LogP contribution in [0.3, 0.4) is 0 Å². The minimum atomic E-state index is -0.185. The molecule has 0 aliphatic heterocycles. The minimum Gasteiger partial charge on any atom is -0.494 e. The second-order valence-electron chi connectivity index (χ2n) is 8.99. The third kappa shape index (κ3) is 8.74. The lowest BCUT2D eigenvalue weighted by Gasteiger charge is -2.07. The van der Waals surface area contributed by atoms with E-state index in [4.69, 9.17) is 9.47 Å². The van der Waals surface area contributed by atoms with Crippen LogP contribution in [0, 0.1) is 0 Å². The number of hydrogen-bond acceptors (Lipinski definition) is 5. The number of rotatable bonds is 17. The van der Waals surface area contributed by atoms with E-state index in [-0.39, 0.29) is 5.97 Å². The summed E-state index contributed by atoms with van der Waals surface area (Å²) in [5.74, 6) is 0.751. The van der Waals surface area contributed by atoms with E-state index in [1.165, 1.54) is 79.6 Å². The van der Waals surface area contributed by atoms with Gasteiger partial charge in [-0.1, -0.05) is 78.1 Å². The zero-order chi connectivity index (χ0) is 24.0. The monoisotopic (exact) mass is 500 g/mol. The second kappa shape index (κ2) is 15.2. The normalized spacial score (nSPS) is 11.2. The molecule has 0 saturated heterocycles. The van der Waals surface area contributed by atoms with Crippen molar-refractivity contribution in [3.63, 3.8) is 0 Å². The van der Waals surface area contributed by atoms with Crippen molar-refractivity contribution in [2.45, 2.75) is 90.9 Å². The molecule has 3 nitrogen and oxygen atoms in total. The first kappa shape index (κ1) is 26.7. The molecule has 0 aliphatic carbocycles. The van der Waals surface area contributed by atoms with Crippen molar-refractivity contribution in [3.8, 4) is 16.2 Å². The van der Waals surface area contributed by atoms with Gasteiger partial charge in [0, 0.05) is 14.3 Å². The van der Waals surface area contributed by atoms with Gasteiger partial charge in [0.25, 0.3) is 0 Å². The first-order valence-corrected chi connectivity index (χ1v) is 14.8. The Morgan fingerprint density at radius 1 is 0.706 bits per heavy atom. The van der Waals surface area contributed by atoms with Crippen molar-refractivity contribution >= 4 is 38.0 Å². The lowest BCUT2D eigenvalue weighted by Crippen LogP contribution is -2.04. The quantitative estimate of drug-likeness (QED) is 0.137. The molecular formula is C29H40O3S2. The predicted octanol–water partition coefficient (Wildman–Crippen LogP) is 9.89. The molecule has 34 heavy (non-hydrogen) atoms. The molecule has 1 aromatic carbocycles. The number of unbranched alkanes of at least 4 members (excludes halogenated alkanes) is 10. The summed E-state index contributed by atoms with van der Waals surface area (Å²) < 4.78 is 13.7. The van der Waals surface area contributed by atoms with Gasteiger partial charge in [-0.15, -0.1) is 22.7 Å². The zero-order valence-corrected chi connectivity index (χ0v) is 22.5. The average Bonchev–Trinajstić information content (AvgIpc) is 3.43. The highest BCUT2D eigenvalue weighted by Gasteiger charge is 2.14. The molecule has 0 amide bonds. The van der Waals surface area contributed by atoms with E-state index in [1.807, 2.05) is 6.07 Å². The predicted molar refractivity (Wildman–Crippen MR) is 148 cm³/mol. The molecule has 0 atom stereocenters. The van der Waals surface area contributed by atoms with Crippen LogP contribution in [0.15, 0.2) is 36.4 Å². The fourth-order valence-corrected chi connectivity index (χ4v) is 6.28. The molecular weight excluding hydrogens is 460 g/mol. The van der Waals surface area contributed by atoms with Gasteiger partial charge >= 0.3 is 5.97 Å². The van der Waals surface area contributed by atoms with Gasteiger partial charge in [0.2, 0.25) is 0 Å². The van der Waals surface area contributed by atoms with E-state index in [9.17, 15) is 4.79 Å². The SMILES string of the molecule is CCCCCCCCOC(=O)c1cc2sc(-c3ccc(OCCCCCCCC)cc3)cc2s1. The minimum absolute atomic E-state index is 0.185. The summed E-state index contributed by atoms with van der Waals surface area (Å²) in [5.41, 5.74) is 1.19. The molecule has 5 heteroatoms. The maximum Gasteiger partial charge on any atom is 0.348 e. The standard InChI is InChI=1S/C29H40O3S2/c1-3-5-7-9-11-13-19-31-24-17-15-23(16-18-24)25-21-26-27(33-25)22-28(34-26)29(30)32-20-14-12-10-8-6-4-2/h15-18,21-22H,3-14,19-20H2,1-2H3. The first-order chi connectivity index (χ1) is 16.7. The Morgan fingerprint density at radius 2 is 1.29 bits per heavy atom. The number of carbonyl (C=O) groups excluding carboxylic acids is 1. The molecule has 3 aromatic rings. The van der Waals surface area contributed by atoms with E-state index in [0.717, 1.165) is 41.0 Å². The molecule has 0 fully saturated rings. The lowest BCUT2D eigenvalue weighted by molar-refractivity contribution is 0.0503. The summed E-state index contributed by atoms with van der Waals surface area (Å²) in [4.78, 5) is 14.3. The molecule has 0 bridgehead atoms. The molecule has 186 valence electrons. The molecule has 0 saturated carbocycles. The Labute approximate surface area is 213 Å². The highest BCUT2D eigenvalue weighted by Crippen LogP contribution is 2.39. The van der Waals surface area contributed by atoms with Crippen molar-refractivity contribution in [1.82, 2.24) is 0 Å². The summed E-state index contributed by atoms with van der Waals surface area (Å²) in [6.45, 7) is 5.78. The number of fused-ring (bicyclic) bond motifs is 1. The number of ether oxygens (including phenoxy) is 2. The summed E-state index contributed by atoms with van der Waals surface area (Å²) in [6.07, 6.45) is 14.8. The van der Waals surface area contributed by atoms with E-state index >= 15 is 0 Å². The van der Waals surface area contributed by atoms with Crippen molar-refractivity contribution < 1.29 is 14.3 Å². The van der Waals surface area contributed by atoms with Crippen LogP contribution in [0.25, 0.3) is 19.8 Å². The molecule has 3 rings (SSSR count). The molecule has 0 N–H and O–H groups in total. The number of esters is 1. The number of benzene rings is 1. The van der Waals surface area contributed by atoms with Crippen LogP contribution in [0.2, 0.25) is 0 Å². The van der Waals surface area contributed by atoms with Crippen LogP contribution >= 0.6 is 22.7 Å². The van der Waals surface area contributed by atoms with E-state index in [2.05, 4.69) is 44.2 Å². The Kier molecular flexibility index (Phi) is 12.0. The maximum atomic E-state index is 12.4. The van der Waals surface area contributed by atoms with Gasteiger partial charge in [-0.25, -0.2) is 4.79 Å². The van der Waals surface area contributed by atoms with Crippen LogP contribution in [0.5, 0.6) is 5.75 Å². The summed E-state index contributed by atoms with van der Waals surface area (Å²) >= 11 is 3.26. The van der Waals surface area contributed by atoms with Gasteiger partial charge in [0.15, 0.2) is 0 Å². The number of thiophene rings is 2. The van der Waals surface area contributed by atoms with Crippen LogP contribution in [0.1, 0.15) is 101 Å². The highest BCUT2D eigenvalue weighted by atomic mass is 32.1. The maximum absolute atomic E-state index is 12.4. The highest BCUT2D eigenvalue weighted by molar-refractivity contribution is 7.30. The van der Waals surface area contributed by atoms with Crippen molar-refractivity contribution in [3.05, 3.63) is 41.3 Å². The van der Waals surface area contributed by atoms with Gasteiger partial charge < -0.3 is 9.47 Å². The van der Waals surface area contributed by atoms with Gasteiger partial charge in [-0.3, -0.25) is 0 Å². The van der Waals surface area contributed by atoms with Gasteiger partial charge in [0.1, 0.15) is 10.6 Å². The van der Waals surface area contributed by atoms with Crippen LogP contribution in [-0.2, 0) is 4.74 Å². The topological polar surface area (TPSA) is 35.5 Å². The largest absolute Gasteiger partial charge is 0.494 e. The summed E-state index contributed by atoms with van der Waals surface area (Å²) in [6, 6.07) is 12.5. The third-order valence-electron chi connectivity index (χ3n) is 6.04. The van der Waals surface area contributed by atoms with Crippen molar-refractivity contribution in [1.29, 1.82) is 0 Å². The van der Waals surface area contributed by atoms with Crippen LogP contribution < -0.4 is 4.74 Å². The molecule has 2 heterocycles. The molecule has 2 aromatic heterocycles. The van der Waals surface area contributed by atoms with Crippen LogP contribution in [0.4, 0.5) is 0 Å². The van der Waals surface area contributed by atoms with Crippen LogP contribution in [-0.4, -0.2) is 19.2 Å². The fraction of sp³-hybridized carbons (Fsp3) is 0.552. The van der Waals surface area contributed by atoms with Gasteiger partial charge in [-0.05, 0) is 54.8 Å². The average molecular weight is 501 g/mol. The Hall–Kier alpha value is -1.85. The number of carbonyl (C=O) groups is 1. The second-order valence-corrected chi connectivity index (χ2v) is 11.2. The van der Waals surface area contributed by atoms with E-state index in [1.54, 1.807) is 11.3 Å². The Bertz CT molecular complexity index is 940. The van der Waals surface area contributed by atoms with Gasteiger partial charge in [-0.2, -0.15) is 0 Å². The smallest absolute Gasteiger partial charge is 0.348 e. The first-order valence-electron chi connectivity index (χ1n) is 13.1. The molecule has 0 aliphatic rings. The molecule has 0 spiro atoms. The van der Waals surface area contributed by atoms with Crippen molar-refractivity contribution in [2.24, 2.45) is 0 Å². The lowest BCUT2D eigenvalue weighted by atomic mass is 10.1. The Balaban J connectivity index is 1.42.